The van der Waals surface area contributed by atoms with Gasteiger partial charge in [-0.1, -0.05) is 0 Å². The van der Waals surface area contributed by atoms with Crippen molar-refractivity contribution in [1.29, 1.82) is 0 Å². The predicted molar refractivity (Wildman–Crippen MR) is 160 cm³/mol. The summed E-state index contributed by atoms with van der Waals surface area (Å²) >= 11 is 0. The average molecular weight is 672 g/mol. The van der Waals surface area contributed by atoms with Crippen LogP contribution in [0.4, 0.5) is 11.6 Å². The number of amides is 3. The molecule has 21 nitrogen and oxygen atoms in total. The molecule has 48 heavy (non-hydrogen) atoms. The molecule has 3 amide bonds. The normalized spacial score (nSPS) is 12.6. The summed E-state index contributed by atoms with van der Waals surface area (Å²) in [7, 11) is 0. The maximum absolute atomic E-state index is 12.7. The van der Waals surface area contributed by atoms with Crippen LogP contribution in [-0.4, -0.2) is 100 Å². The summed E-state index contributed by atoms with van der Waals surface area (Å²) in [5.74, 6) is -9.52. The van der Waals surface area contributed by atoms with Gasteiger partial charge < -0.3 is 47.4 Å². The summed E-state index contributed by atoms with van der Waals surface area (Å²) in [6, 6.07) is 0.487. The molecule has 3 rings (SSSR count). The number of rotatable bonds is 17. The van der Waals surface area contributed by atoms with E-state index in [-0.39, 0.29) is 29.2 Å². The number of carbonyl (C=O) groups excluding carboxylic acids is 3. The first kappa shape index (κ1) is 35.8. The zero-order valence-electron chi connectivity index (χ0n) is 24.6. The van der Waals surface area contributed by atoms with Gasteiger partial charge in [-0.25, -0.2) is 19.6 Å². The zero-order chi connectivity index (χ0) is 35.5. The van der Waals surface area contributed by atoms with Crippen molar-refractivity contribution < 1.29 is 54.0 Å². The van der Waals surface area contributed by atoms with E-state index in [1.165, 1.54) is 30.5 Å². The van der Waals surface area contributed by atoms with Crippen LogP contribution in [-0.2, 0) is 35.3 Å². The maximum atomic E-state index is 12.7. The molecule has 0 fully saturated rings. The molecule has 254 valence electrons. The number of benzene rings is 1. The molecule has 0 unspecified atom stereocenters. The van der Waals surface area contributed by atoms with Gasteiger partial charge in [0.25, 0.3) is 11.5 Å². The highest BCUT2D eigenvalue weighted by Crippen LogP contribution is 2.12. The highest BCUT2D eigenvalue weighted by Gasteiger charge is 2.30. The Morgan fingerprint density at radius 3 is 2.04 bits per heavy atom. The lowest BCUT2D eigenvalue weighted by Crippen LogP contribution is -2.53. The molecule has 0 aliphatic rings. The molecule has 2 aromatic heterocycles. The Hall–Kier alpha value is -6.67. The number of anilines is 2. The Kier molecular flexibility index (Phi) is 12.0. The minimum absolute atomic E-state index is 0.00609. The molecule has 21 heteroatoms. The van der Waals surface area contributed by atoms with Crippen LogP contribution in [0.2, 0.25) is 0 Å². The second-order valence-electron chi connectivity index (χ2n) is 10.0. The van der Waals surface area contributed by atoms with Crippen molar-refractivity contribution in [3.63, 3.8) is 0 Å². The lowest BCUT2D eigenvalue weighted by atomic mass is 10.1. The molecule has 0 saturated carbocycles. The molecule has 0 bridgehead atoms. The summed E-state index contributed by atoms with van der Waals surface area (Å²) in [6.07, 6.45) is -1.71. The van der Waals surface area contributed by atoms with Crippen LogP contribution in [0, 0.1) is 0 Å². The van der Waals surface area contributed by atoms with Crippen molar-refractivity contribution in [2.45, 2.75) is 50.4 Å². The van der Waals surface area contributed by atoms with Gasteiger partial charge in [-0.3, -0.25) is 33.8 Å². The number of aliphatic carboxylic acids is 4. The summed E-state index contributed by atoms with van der Waals surface area (Å²) < 4.78 is 0. The van der Waals surface area contributed by atoms with Gasteiger partial charge in [-0.05, 0) is 30.7 Å². The summed E-state index contributed by atoms with van der Waals surface area (Å²) in [6.45, 7) is 0.138. The molecular weight excluding hydrogens is 642 g/mol. The number of carbonyl (C=O) groups is 7. The molecule has 0 radical (unpaired) electrons. The van der Waals surface area contributed by atoms with Gasteiger partial charge in [0, 0.05) is 17.7 Å². The lowest BCUT2D eigenvalue weighted by molar-refractivity contribution is -0.148. The number of nitrogens with two attached hydrogens (primary N) is 1. The summed E-state index contributed by atoms with van der Waals surface area (Å²) in [5, 5.41) is 45.7. The molecule has 3 atom stereocenters. The maximum Gasteiger partial charge on any atom is 0.326 e. The summed E-state index contributed by atoms with van der Waals surface area (Å²) in [5.41, 5.74) is 5.99. The van der Waals surface area contributed by atoms with E-state index in [0.717, 1.165) is 0 Å². The number of hydrogen-bond acceptors (Lipinski definition) is 13. The zero-order valence-corrected chi connectivity index (χ0v) is 24.6. The van der Waals surface area contributed by atoms with Crippen LogP contribution in [0.1, 0.15) is 41.7 Å². The third-order valence-corrected chi connectivity index (χ3v) is 6.39. The molecule has 11 N–H and O–H groups in total. The van der Waals surface area contributed by atoms with E-state index in [9.17, 15) is 43.5 Å². The van der Waals surface area contributed by atoms with Gasteiger partial charge in [0.05, 0.1) is 31.3 Å². The number of nitrogens with one attached hydrogen (secondary N) is 5. The van der Waals surface area contributed by atoms with E-state index in [4.69, 9.17) is 21.1 Å². The molecular formula is C27H29N9O12. The number of aromatic amines is 1. The monoisotopic (exact) mass is 671 g/mol. The molecule has 0 aliphatic heterocycles. The van der Waals surface area contributed by atoms with Crippen molar-refractivity contribution in [1.82, 2.24) is 35.9 Å². The lowest BCUT2D eigenvalue weighted by Gasteiger charge is -2.20. The van der Waals surface area contributed by atoms with Crippen molar-refractivity contribution in [2.24, 2.45) is 0 Å². The highest BCUT2D eigenvalue weighted by atomic mass is 16.4. The number of aromatic nitrogens is 4. The molecule has 0 saturated heterocycles. The van der Waals surface area contributed by atoms with E-state index < -0.39 is 91.0 Å². The van der Waals surface area contributed by atoms with Gasteiger partial charge in [0.15, 0.2) is 11.2 Å². The fourth-order valence-electron chi connectivity index (χ4n) is 4.06. The number of H-pyrrole nitrogens is 1. The van der Waals surface area contributed by atoms with E-state index in [1.807, 2.05) is 5.32 Å². The Morgan fingerprint density at radius 2 is 1.44 bits per heavy atom. The predicted octanol–water partition coefficient (Wildman–Crippen LogP) is -2.13. The number of carboxylic acids is 4. The SMILES string of the molecule is Nc1nc2ncc(CNc3ccc(C(=O)N[C@H](CCC(=O)N[C@H](CC(=O)O)C(=O)N[C@H](CC(=O)O)C(=O)O)C(=O)O)cc3)nc2c(=O)[nH]1. The number of fused-ring (bicyclic) bond motifs is 1. The van der Waals surface area contributed by atoms with Crippen LogP contribution in [0.3, 0.4) is 0 Å². The van der Waals surface area contributed by atoms with Gasteiger partial charge >= 0.3 is 23.9 Å². The van der Waals surface area contributed by atoms with Gasteiger partial charge in [0.2, 0.25) is 17.8 Å². The standard InChI is InChI=1S/C27H29N9O12/c28-27-35-21-20(24(44)36-27)31-13(10-30-21)9-29-12-3-1-11(2-4-12)22(42)33-14(25(45)46)5-6-17(37)32-15(7-18(38)39)23(43)34-16(26(47)48)8-19(40)41/h1-4,10,14-16,29H,5-9H2,(H,32,37)(H,33,42)(H,34,43)(H,38,39)(H,40,41)(H,45,46)(H,47,48)(H3,28,30,35,36,44)/t14-,15-,16-/m1/s1. The highest BCUT2D eigenvalue weighted by molar-refractivity contribution is 5.97. The minimum Gasteiger partial charge on any atom is -0.481 e. The smallest absolute Gasteiger partial charge is 0.326 e. The number of carboxylic acid groups (broad SMARTS) is 4. The fraction of sp³-hybridized carbons (Fsp3) is 0.296. The Morgan fingerprint density at radius 1 is 0.812 bits per heavy atom. The second-order valence-corrected chi connectivity index (χ2v) is 10.0. The van der Waals surface area contributed by atoms with E-state index in [1.54, 1.807) is 0 Å². The van der Waals surface area contributed by atoms with Crippen LogP contribution in [0.5, 0.6) is 0 Å². The molecule has 2 heterocycles. The first-order valence-corrected chi connectivity index (χ1v) is 13.8. The Balaban J connectivity index is 1.56. The molecule has 0 spiro atoms. The second kappa shape index (κ2) is 16.1. The molecule has 3 aromatic rings. The number of nitrogen functional groups attached to an aromatic ring is 1. The number of nitrogens with zero attached hydrogens (tertiary/aromatic N) is 3. The van der Waals surface area contributed by atoms with E-state index >= 15 is 0 Å². The van der Waals surface area contributed by atoms with Crippen molar-refractivity contribution in [2.75, 3.05) is 11.1 Å². The van der Waals surface area contributed by atoms with Crippen LogP contribution < -0.4 is 32.6 Å². The third-order valence-electron chi connectivity index (χ3n) is 6.39. The minimum atomic E-state index is -1.91. The van der Waals surface area contributed by atoms with E-state index in [2.05, 4.69) is 35.9 Å². The Labute approximate surface area is 268 Å². The Bertz CT molecular complexity index is 1790. The van der Waals surface area contributed by atoms with Crippen molar-refractivity contribution in [3.05, 3.63) is 52.1 Å². The number of hydrogen-bond donors (Lipinski definition) is 10. The van der Waals surface area contributed by atoms with Crippen molar-refractivity contribution in [3.8, 4) is 0 Å². The first-order valence-electron chi connectivity index (χ1n) is 13.8. The topological polar surface area (TPSA) is 346 Å². The van der Waals surface area contributed by atoms with Crippen LogP contribution in [0.15, 0.2) is 35.3 Å². The average Bonchev–Trinajstić information content (AvgIpc) is 3.00. The van der Waals surface area contributed by atoms with Gasteiger partial charge in [-0.2, -0.15) is 4.98 Å². The largest absolute Gasteiger partial charge is 0.481 e. The van der Waals surface area contributed by atoms with E-state index in [0.29, 0.717) is 11.4 Å². The molecule has 1 aromatic carbocycles. The molecule has 0 aliphatic carbocycles. The quantitative estimate of drug-likeness (QED) is 0.0732. The van der Waals surface area contributed by atoms with Crippen molar-refractivity contribution >= 4 is 64.4 Å². The fourth-order valence-corrected chi connectivity index (χ4v) is 4.06. The van der Waals surface area contributed by atoms with Crippen LogP contribution in [0.25, 0.3) is 11.2 Å². The summed E-state index contributed by atoms with van der Waals surface area (Å²) in [4.78, 5) is 109. The third kappa shape index (κ3) is 10.5. The first-order chi connectivity index (χ1) is 22.6. The van der Waals surface area contributed by atoms with Gasteiger partial charge in [-0.15, -0.1) is 0 Å². The van der Waals surface area contributed by atoms with Crippen LogP contribution >= 0.6 is 0 Å². The van der Waals surface area contributed by atoms with Gasteiger partial charge in [0.1, 0.15) is 18.1 Å².